The third-order valence-corrected chi connectivity index (χ3v) is 8.88. The number of aryl methyl sites for hydroxylation is 1. The maximum atomic E-state index is 13.0. The van der Waals surface area contributed by atoms with E-state index in [-0.39, 0.29) is 18.1 Å². The molecule has 2 atom stereocenters. The molecular formula is C37H54N2O6. The number of piperidine rings is 1. The van der Waals surface area contributed by atoms with Gasteiger partial charge in [0.25, 0.3) is 0 Å². The zero-order valence-electron chi connectivity index (χ0n) is 27.9. The highest BCUT2D eigenvalue weighted by molar-refractivity contribution is 5.68. The van der Waals surface area contributed by atoms with Crippen LogP contribution in [0.2, 0.25) is 0 Å². The van der Waals surface area contributed by atoms with Crippen molar-refractivity contribution in [1.82, 2.24) is 4.90 Å². The van der Waals surface area contributed by atoms with E-state index in [1.54, 1.807) is 12.0 Å². The number of ether oxygens (including phenoxy) is 5. The summed E-state index contributed by atoms with van der Waals surface area (Å²) < 4.78 is 29.4. The average Bonchev–Trinajstić information content (AvgIpc) is 3.86. The number of methoxy groups -OCH3 is 1. The largest absolute Gasteiger partial charge is 0.494 e. The molecule has 1 saturated carbocycles. The summed E-state index contributed by atoms with van der Waals surface area (Å²) in [5.74, 6) is 1.83. The van der Waals surface area contributed by atoms with Crippen molar-refractivity contribution in [3.05, 3.63) is 59.2 Å². The zero-order chi connectivity index (χ0) is 31.6. The summed E-state index contributed by atoms with van der Waals surface area (Å²) in [6.45, 7) is 12.5. The Morgan fingerprint density at radius 2 is 1.78 bits per heavy atom. The van der Waals surface area contributed by atoms with E-state index in [1.807, 2.05) is 20.8 Å². The lowest BCUT2D eigenvalue weighted by molar-refractivity contribution is -0.0359. The number of carbonyl (C=O) groups is 1. The van der Waals surface area contributed by atoms with Gasteiger partial charge in [-0.1, -0.05) is 24.3 Å². The van der Waals surface area contributed by atoms with Gasteiger partial charge in [0, 0.05) is 64.6 Å². The van der Waals surface area contributed by atoms with E-state index in [9.17, 15) is 4.79 Å². The lowest BCUT2D eigenvalue weighted by Crippen LogP contribution is -2.48. The first kappa shape index (κ1) is 33.6. The Labute approximate surface area is 270 Å². The normalized spacial score (nSPS) is 20.2. The first-order valence-electron chi connectivity index (χ1n) is 17.0. The minimum absolute atomic E-state index is 0.157. The number of hydrogen-bond acceptors (Lipinski definition) is 7. The van der Waals surface area contributed by atoms with Crippen LogP contribution in [0.5, 0.6) is 5.75 Å². The Kier molecular flexibility index (Phi) is 12.0. The van der Waals surface area contributed by atoms with E-state index in [4.69, 9.17) is 23.7 Å². The van der Waals surface area contributed by atoms with Gasteiger partial charge in [0.2, 0.25) is 0 Å². The molecule has 2 heterocycles. The Bertz CT molecular complexity index is 1210. The number of carbonyl (C=O) groups excluding carboxylic acids is 1. The number of fused-ring (bicyclic) bond motifs is 1. The molecule has 1 aliphatic carbocycles. The van der Waals surface area contributed by atoms with E-state index in [0.717, 1.165) is 75.8 Å². The van der Waals surface area contributed by atoms with Crippen LogP contribution >= 0.6 is 0 Å². The van der Waals surface area contributed by atoms with E-state index in [0.29, 0.717) is 26.3 Å². The van der Waals surface area contributed by atoms with Crippen molar-refractivity contribution in [2.24, 2.45) is 5.92 Å². The average molecular weight is 623 g/mol. The lowest BCUT2D eigenvalue weighted by Gasteiger charge is -2.39. The Hall–Kier alpha value is -2.81. The molecular weight excluding hydrogens is 568 g/mol. The van der Waals surface area contributed by atoms with E-state index in [2.05, 4.69) is 47.4 Å². The molecule has 248 valence electrons. The summed E-state index contributed by atoms with van der Waals surface area (Å²) in [4.78, 5) is 17.3. The third kappa shape index (κ3) is 10.3. The van der Waals surface area contributed by atoms with E-state index >= 15 is 0 Å². The molecule has 2 aromatic rings. The molecule has 2 aromatic carbocycles. The van der Waals surface area contributed by atoms with E-state index in [1.165, 1.54) is 36.1 Å². The summed E-state index contributed by atoms with van der Waals surface area (Å²) >= 11 is 0. The molecule has 0 radical (unpaired) electrons. The molecule has 1 saturated heterocycles. The van der Waals surface area contributed by atoms with Crippen molar-refractivity contribution in [2.75, 3.05) is 64.6 Å². The second-order valence-electron chi connectivity index (χ2n) is 13.9. The topological polar surface area (TPSA) is 69.7 Å². The molecule has 2 fully saturated rings. The van der Waals surface area contributed by atoms with Gasteiger partial charge in [0.15, 0.2) is 0 Å². The fourth-order valence-electron chi connectivity index (χ4n) is 6.28. The van der Waals surface area contributed by atoms with Crippen molar-refractivity contribution in [2.45, 2.75) is 89.9 Å². The van der Waals surface area contributed by atoms with Crippen LogP contribution in [0.1, 0.15) is 81.9 Å². The maximum Gasteiger partial charge on any atom is 0.410 e. The number of anilines is 1. The summed E-state index contributed by atoms with van der Waals surface area (Å²) in [5, 5.41) is 0. The highest BCUT2D eigenvalue weighted by atomic mass is 16.6. The van der Waals surface area contributed by atoms with Crippen molar-refractivity contribution in [1.29, 1.82) is 0 Å². The maximum absolute atomic E-state index is 13.0. The SMILES string of the molecule is COCCCN1CCCc2ccc(CO[C@H]3CN(C(=O)OC(C)(C)C)CC[C@@H]3c3ccc(OCCCOCC4CC4)cc3)cc21. The number of amides is 1. The predicted molar refractivity (Wildman–Crippen MR) is 177 cm³/mol. The Morgan fingerprint density at radius 1 is 0.956 bits per heavy atom. The number of nitrogens with zero attached hydrogens (tertiary/aromatic N) is 2. The molecule has 3 aliphatic rings. The van der Waals surface area contributed by atoms with Gasteiger partial charge in [-0.15, -0.1) is 0 Å². The van der Waals surface area contributed by atoms with Crippen LogP contribution in [0, 0.1) is 5.92 Å². The molecule has 0 N–H and O–H groups in total. The summed E-state index contributed by atoms with van der Waals surface area (Å²) in [7, 11) is 1.76. The molecule has 8 nitrogen and oxygen atoms in total. The quantitative estimate of drug-likeness (QED) is 0.199. The molecule has 0 unspecified atom stereocenters. The summed E-state index contributed by atoms with van der Waals surface area (Å²) in [6, 6.07) is 15.2. The molecule has 8 heteroatoms. The monoisotopic (exact) mass is 622 g/mol. The minimum atomic E-state index is -0.540. The first-order valence-corrected chi connectivity index (χ1v) is 17.0. The van der Waals surface area contributed by atoms with Crippen LogP contribution in [0.15, 0.2) is 42.5 Å². The van der Waals surface area contributed by atoms with Crippen molar-refractivity contribution < 1.29 is 28.5 Å². The number of benzene rings is 2. The minimum Gasteiger partial charge on any atom is -0.494 e. The summed E-state index contributed by atoms with van der Waals surface area (Å²) in [6.07, 6.45) is 7.20. The zero-order valence-corrected chi connectivity index (χ0v) is 27.9. The molecule has 1 amide bonds. The molecule has 0 aromatic heterocycles. The van der Waals surface area contributed by atoms with Gasteiger partial charge in [0.05, 0.1) is 25.9 Å². The van der Waals surface area contributed by atoms with Gasteiger partial charge < -0.3 is 33.5 Å². The predicted octanol–water partition coefficient (Wildman–Crippen LogP) is 6.98. The van der Waals surface area contributed by atoms with Crippen LogP contribution in [0.25, 0.3) is 0 Å². The summed E-state index contributed by atoms with van der Waals surface area (Å²) in [5.41, 5.74) is 4.55. The van der Waals surface area contributed by atoms with Gasteiger partial charge >= 0.3 is 6.09 Å². The second-order valence-corrected chi connectivity index (χ2v) is 13.9. The number of likely N-dealkylation sites (tertiary alicyclic amines) is 1. The molecule has 45 heavy (non-hydrogen) atoms. The smallest absolute Gasteiger partial charge is 0.410 e. The highest BCUT2D eigenvalue weighted by Crippen LogP contribution is 2.34. The van der Waals surface area contributed by atoms with E-state index < -0.39 is 5.60 Å². The third-order valence-electron chi connectivity index (χ3n) is 8.88. The molecule has 0 spiro atoms. The van der Waals surface area contributed by atoms with Crippen LogP contribution in [0.4, 0.5) is 10.5 Å². The molecule has 5 rings (SSSR count). The second kappa shape index (κ2) is 16.1. The first-order chi connectivity index (χ1) is 21.8. The fourth-order valence-corrected chi connectivity index (χ4v) is 6.28. The number of hydrogen-bond donors (Lipinski definition) is 0. The number of rotatable bonds is 15. The van der Waals surface area contributed by atoms with Crippen molar-refractivity contribution in [3.8, 4) is 5.75 Å². The van der Waals surface area contributed by atoms with Gasteiger partial charge in [-0.25, -0.2) is 4.79 Å². The van der Waals surface area contributed by atoms with Gasteiger partial charge in [-0.3, -0.25) is 0 Å². The van der Waals surface area contributed by atoms with Crippen LogP contribution in [-0.2, 0) is 32.0 Å². The molecule has 2 aliphatic heterocycles. The van der Waals surface area contributed by atoms with Gasteiger partial charge in [-0.05, 0) is 100 Å². The van der Waals surface area contributed by atoms with Crippen LogP contribution < -0.4 is 9.64 Å². The van der Waals surface area contributed by atoms with Gasteiger partial charge in [-0.2, -0.15) is 0 Å². The lowest BCUT2D eigenvalue weighted by atomic mass is 9.87. The standard InChI is InChI=1S/C37H54N2O6/c1-37(2,3)45-36(40)39-20-17-33(30-13-15-32(16-14-30)43-23-7-22-42-26-28-9-10-28)35(25-39)44-27-29-11-12-31-8-5-18-38(34(31)24-29)19-6-21-41-4/h11-16,24,28,33,35H,5-10,17-23,25-27H2,1-4H3/t33-,35+/m1/s1. The van der Waals surface area contributed by atoms with Crippen LogP contribution in [-0.4, -0.2) is 82.4 Å². The highest BCUT2D eigenvalue weighted by Gasteiger charge is 2.35. The van der Waals surface area contributed by atoms with Gasteiger partial charge in [0.1, 0.15) is 11.4 Å². The van der Waals surface area contributed by atoms with Crippen molar-refractivity contribution in [3.63, 3.8) is 0 Å². The fraction of sp³-hybridized carbons (Fsp3) is 0.649. The van der Waals surface area contributed by atoms with Crippen molar-refractivity contribution >= 4 is 11.8 Å². The van der Waals surface area contributed by atoms with Crippen LogP contribution in [0.3, 0.4) is 0 Å². The Balaban J connectivity index is 1.22. The molecule has 0 bridgehead atoms. The Morgan fingerprint density at radius 3 is 2.53 bits per heavy atom.